The summed E-state index contributed by atoms with van der Waals surface area (Å²) in [6.07, 6.45) is -1.34. The second-order valence-corrected chi connectivity index (χ2v) is 5.45. The standard InChI is InChI=1S/C13H18FN3O5/c1-6(2)21-12(19)10(14)22-17-8-4-7(3)9(11(15)18)16(5-8)13(17)20/h4,6,8-10H,5H2,1-3H3,(H2,15,18)/t8?,9-,10+/m0/s1. The fourth-order valence-electron chi connectivity index (χ4n) is 2.53. The Bertz CT molecular complexity index is 536. The predicted molar refractivity (Wildman–Crippen MR) is 71.7 cm³/mol. The summed E-state index contributed by atoms with van der Waals surface area (Å²) in [4.78, 5) is 41.0. The number of amides is 3. The number of fused-ring (bicyclic) bond motifs is 2. The Morgan fingerprint density at radius 2 is 2.09 bits per heavy atom. The van der Waals surface area contributed by atoms with Crippen molar-refractivity contribution in [2.45, 2.75) is 45.3 Å². The molecule has 0 aliphatic carbocycles. The van der Waals surface area contributed by atoms with Crippen molar-refractivity contribution >= 4 is 17.9 Å². The van der Waals surface area contributed by atoms with Crippen molar-refractivity contribution in [3.63, 3.8) is 0 Å². The topological polar surface area (TPSA) is 102 Å². The van der Waals surface area contributed by atoms with Crippen LogP contribution in [0.2, 0.25) is 0 Å². The fourth-order valence-corrected chi connectivity index (χ4v) is 2.53. The van der Waals surface area contributed by atoms with Gasteiger partial charge >= 0.3 is 18.4 Å². The highest BCUT2D eigenvalue weighted by Crippen LogP contribution is 2.30. The number of urea groups is 1. The highest BCUT2D eigenvalue weighted by Gasteiger charge is 2.48. The van der Waals surface area contributed by atoms with E-state index in [1.54, 1.807) is 26.8 Å². The first kappa shape index (κ1) is 16.2. The van der Waals surface area contributed by atoms with E-state index < -0.39 is 42.5 Å². The average Bonchev–Trinajstić information content (AvgIpc) is 2.62. The largest absolute Gasteiger partial charge is 0.459 e. The molecule has 1 saturated heterocycles. The van der Waals surface area contributed by atoms with Gasteiger partial charge in [-0.2, -0.15) is 5.06 Å². The molecule has 0 radical (unpaired) electrons. The van der Waals surface area contributed by atoms with E-state index in [1.807, 2.05) is 0 Å². The summed E-state index contributed by atoms with van der Waals surface area (Å²) in [6, 6.07) is -2.20. The number of nitrogens with two attached hydrogens (primary N) is 1. The molecule has 2 heterocycles. The molecule has 3 amide bonds. The third-order valence-corrected chi connectivity index (χ3v) is 3.33. The lowest BCUT2D eigenvalue weighted by Crippen LogP contribution is -2.48. The van der Waals surface area contributed by atoms with Gasteiger partial charge in [0.25, 0.3) is 0 Å². The SMILES string of the molecule is CC1=CC2CN(C(=O)N2O[C@@H](F)C(=O)OC(C)C)[C@@H]1C(N)=O. The molecule has 0 aromatic carbocycles. The van der Waals surface area contributed by atoms with Crippen LogP contribution in [-0.2, 0) is 19.2 Å². The Labute approximate surface area is 126 Å². The molecule has 1 fully saturated rings. The van der Waals surface area contributed by atoms with Gasteiger partial charge in [-0.3, -0.25) is 4.79 Å². The first-order valence-electron chi connectivity index (χ1n) is 6.81. The number of hydrogen-bond acceptors (Lipinski definition) is 5. The molecule has 2 bridgehead atoms. The van der Waals surface area contributed by atoms with Crippen molar-refractivity contribution in [2.24, 2.45) is 5.73 Å². The van der Waals surface area contributed by atoms with Gasteiger partial charge in [-0.05, 0) is 26.3 Å². The highest BCUT2D eigenvalue weighted by atomic mass is 19.1. The molecule has 122 valence electrons. The summed E-state index contributed by atoms with van der Waals surface area (Å²) in [5.41, 5.74) is 5.85. The quantitative estimate of drug-likeness (QED) is 0.572. The lowest BCUT2D eigenvalue weighted by Gasteiger charge is -2.27. The highest BCUT2D eigenvalue weighted by molar-refractivity contribution is 5.90. The number of primary amides is 1. The number of carbonyl (C=O) groups excluding carboxylic acids is 3. The molecule has 8 nitrogen and oxygen atoms in total. The molecule has 9 heteroatoms. The number of ether oxygens (including phenoxy) is 1. The summed E-state index contributed by atoms with van der Waals surface area (Å²) in [5, 5.41) is 0.735. The molecule has 2 aliphatic rings. The van der Waals surface area contributed by atoms with E-state index in [0.717, 1.165) is 5.06 Å². The van der Waals surface area contributed by atoms with Gasteiger partial charge < -0.3 is 15.4 Å². The monoisotopic (exact) mass is 315 g/mol. The van der Waals surface area contributed by atoms with Crippen molar-refractivity contribution in [1.29, 1.82) is 0 Å². The van der Waals surface area contributed by atoms with Crippen LogP contribution in [0.1, 0.15) is 20.8 Å². The third kappa shape index (κ3) is 2.89. The van der Waals surface area contributed by atoms with Gasteiger partial charge in [-0.15, -0.1) is 0 Å². The van der Waals surface area contributed by atoms with Crippen LogP contribution in [0.3, 0.4) is 0 Å². The van der Waals surface area contributed by atoms with Crippen molar-refractivity contribution < 1.29 is 28.3 Å². The molecule has 2 N–H and O–H groups in total. The van der Waals surface area contributed by atoms with E-state index in [1.165, 1.54) is 4.90 Å². The van der Waals surface area contributed by atoms with Crippen LogP contribution in [0.15, 0.2) is 11.6 Å². The smallest absolute Gasteiger partial charge is 0.371 e. The molecule has 3 atom stereocenters. The lowest BCUT2D eigenvalue weighted by molar-refractivity contribution is -0.225. The van der Waals surface area contributed by atoms with Crippen LogP contribution in [0, 0.1) is 0 Å². The van der Waals surface area contributed by atoms with Gasteiger partial charge in [-0.25, -0.2) is 18.8 Å². The molecule has 0 saturated carbocycles. The maximum atomic E-state index is 13.8. The lowest BCUT2D eigenvalue weighted by atomic mass is 10.0. The summed E-state index contributed by atoms with van der Waals surface area (Å²) in [5.74, 6) is -1.90. The van der Waals surface area contributed by atoms with Crippen LogP contribution >= 0.6 is 0 Å². The van der Waals surface area contributed by atoms with Gasteiger partial charge in [0.1, 0.15) is 6.04 Å². The normalized spacial score (nSPS) is 25.3. The molecule has 2 aliphatic heterocycles. The zero-order chi connectivity index (χ0) is 16.6. The number of halogens is 1. The average molecular weight is 315 g/mol. The number of carbonyl (C=O) groups is 3. The van der Waals surface area contributed by atoms with E-state index in [2.05, 4.69) is 4.74 Å². The Morgan fingerprint density at radius 1 is 1.45 bits per heavy atom. The summed E-state index contributed by atoms with van der Waals surface area (Å²) in [7, 11) is 0. The molecule has 2 rings (SSSR count). The van der Waals surface area contributed by atoms with Gasteiger partial charge in [0, 0.05) is 0 Å². The molecule has 1 unspecified atom stereocenters. The van der Waals surface area contributed by atoms with Crippen LogP contribution in [0.5, 0.6) is 0 Å². The predicted octanol–water partition coefficient (Wildman–Crippen LogP) is 0.0852. The molecular formula is C13H18FN3O5. The minimum Gasteiger partial charge on any atom is -0.459 e. The second kappa shape index (κ2) is 5.91. The summed E-state index contributed by atoms with van der Waals surface area (Å²) < 4.78 is 18.4. The van der Waals surface area contributed by atoms with Crippen molar-refractivity contribution in [1.82, 2.24) is 9.96 Å². The molecule has 0 aromatic rings. The number of hydrogen-bond donors (Lipinski definition) is 1. The van der Waals surface area contributed by atoms with Gasteiger partial charge in [0.05, 0.1) is 18.7 Å². The number of alkyl halides is 1. The molecule has 0 spiro atoms. The third-order valence-electron chi connectivity index (χ3n) is 3.33. The van der Waals surface area contributed by atoms with Gasteiger partial charge in [0.2, 0.25) is 5.91 Å². The Hall–Kier alpha value is -2.16. The minimum atomic E-state index is -2.42. The van der Waals surface area contributed by atoms with Crippen LogP contribution in [0.25, 0.3) is 0 Å². The fraction of sp³-hybridized carbons (Fsp3) is 0.615. The molecule has 0 aromatic heterocycles. The van der Waals surface area contributed by atoms with Crippen LogP contribution in [-0.4, -0.2) is 59.0 Å². The maximum absolute atomic E-state index is 13.8. The Balaban J connectivity index is 2.10. The van der Waals surface area contributed by atoms with E-state index in [-0.39, 0.29) is 6.54 Å². The maximum Gasteiger partial charge on any atom is 0.371 e. The first-order valence-corrected chi connectivity index (χ1v) is 6.81. The van der Waals surface area contributed by atoms with E-state index >= 15 is 0 Å². The van der Waals surface area contributed by atoms with E-state index in [0.29, 0.717) is 5.57 Å². The van der Waals surface area contributed by atoms with E-state index in [4.69, 9.17) is 10.6 Å². The van der Waals surface area contributed by atoms with Gasteiger partial charge in [0.15, 0.2) is 0 Å². The first-order chi connectivity index (χ1) is 10.2. The molecule has 22 heavy (non-hydrogen) atoms. The number of rotatable bonds is 5. The van der Waals surface area contributed by atoms with Crippen LogP contribution < -0.4 is 5.73 Å². The zero-order valence-electron chi connectivity index (χ0n) is 12.5. The number of nitrogens with zero attached hydrogens (tertiary/aromatic N) is 2. The Kier molecular flexibility index (Phi) is 4.36. The second-order valence-electron chi connectivity index (χ2n) is 5.45. The van der Waals surface area contributed by atoms with Gasteiger partial charge in [-0.1, -0.05) is 6.08 Å². The van der Waals surface area contributed by atoms with E-state index in [9.17, 15) is 18.8 Å². The van der Waals surface area contributed by atoms with Crippen molar-refractivity contribution in [3.8, 4) is 0 Å². The number of esters is 1. The minimum absolute atomic E-state index is 0.135. The zero-order valence-corrected chi connectivity index (χ0v) is 12.5. The number of hydroxylamine groups is 2. The van der Waals surface area contributed by atoms with Crippen molar-refractivity contribution in [2.75, 3.05) is 6.54 Å². The molecular weight excluding hydrogens is 297 g/mol. The Morgan fingerprint density at radius 3 is 2.64 bits per heavy atom. The van der Waals surface area contributed by atoms with Crippen LogP contribution in [0.4, 0.5) is 9.18 Å². The summed E-state index contributed by atoms with van der Waals surface area (Å²) in [6.45, 7) is 4.91. The summed E-state index contributed by atoms with van der Waals surface area (Å²) >= 11 is 0. The van der Waals surface area contributed by atoms with Crippen molar-refractivity contribution in [3.05, 3.63) is 11.6 Å².